The van der Waals surface area contributed by atoms with Gasteiger partial charge in [-0.25, -0.2) is 0 Å². The van der Waals surface area contributed by atoms with Crippen LogP contribution in [0.3, 0.4) is 0 Å². The van der Waals surface area contributed by atoms with Crippen molar-refractivity contribution < 1.29 is 29.4 Å². The van der Waals surface area contributed by atoms with Gasteiger partial charge in [0, 0.05) is 10.4 Å². The third kappa shape index (κ3) is 4.88. The van der Waals surface area contributed by atoms with Crippen LogP contribution in [0.2, 0.25) is 5.02 Å². The van der Waals surface area contributed by atoms with E-state index >= 15 is 0 Å². The number of Topliss-reactive ketones (excluding diaryl/α,β-unsaturated/α-hetero) is 1. The zero-order valence-electron chi connectivity index (χ0n) is 19.3. The number of nitrogens with two attached hydrogens (primary N) is 1. The quantitative estimate of drug-likeness (QED) is 0.282. The van der Waals surface area contributed by atoms with E-state index in [-0.39, 0.29) is 30.3 Å². The molecule has 3 aromatic carbocycles. The average Bonchev–Trinajstić information content (AvgIpc) is 3.66. The Balaban J connectivity index is 1.44. The smallest absolute Gasteiger partial charge is 0.252 e. The van der Waals surface area contributed by atoms with E-state index in [1.807, 2.05) is 18.2 Å². The van der Waals surface area contributed by atoms with Crippen LogP contribution in [-0.2, 0) is 0 Å². The number of amides is 1. The molecule has 1 amide bonds. The number of hydrogen-bond acceptors (Lipinski definition) is 6. The van der Waals surface area contributed by atoms with Crippen molar-refractivity contribution in [3.05, 3.63) is 76.4 Å². The molecule has 4 aromatic rings. The summed E-state index contributed by atoms with van der Waals surface area (Å²) < 4.78 is 7.24. The fourth-order valence-corrected chi connectivity index (χ4v) is 4.39. The van der Waals surface area contributed by atoms with Crippen molar-refractivity contribution in [1.29, 1.82) is 0 Å². The van der Waals surface area contributed by atoms with Gasteiger partial charge in [0.05, 0.1) is 29.4 Å². The third-order valence-electron chi connectivity index (χ3n) is 6.29. The van der Waals surface area contributed by atoms with Crippen molar-refractivity contribution in [1.82, 2.24) is 4.73 Å². The Bertz CT molecular complexity index is 1480. The molecule has 0 aliphatic heterocycles. The van der Waals surface area contributed by atoms with E-state index in [4.69, 9.17) is 32.0 Å². The second-order valence-corrected chi connectivity index (χ2v) is 9.40. The van der Waals surface area contributed by atoms with E-state index in [0.29, 0.717) is 27.4 Å². The van der Waals surface area contributed by atoms with Crippen molar-refractivity contribution in [3.8, 4) is 5.75 Å². The van der Waals surface area contributed by atoms with Gasteiger partial charge in [0.15, 0.2) is 6.61 Å². The molecule has 4 N–H and O–H groups in total. The first-order valence-electron chi connectivity index (χ1n) is 11.6. The summed E-state index contributed by atoms with van der Waals surface area (Å²) >= 11 is 6.06. The molecule has 1 unspecified atom stereocenters. The maximum Gasteiger partial charge on any atom is 0.252 e. The Labute approximate surface area is 211 Å². The molecule has 1 aliphatic rings. The topological polar surface area (TPSA) is 124 Å². The second kappa shape index (κ2) is 9.81. The number of carbonyl (C=O) groups is 2. The van der Waals surface area contributed by atoms with Gasteiger partial charge in [-0.15, -0.1) is 0 Å². The highest BCUT2D eigenvalue weighted by molar-refractivity contribution is 6.31. The minimum absolute atomic E-state index is 0.138. The monoisotopic (exact) mass is 508 g/mol. The van der Waals surface area contributed by atoms with Gasteiger partial charge in [0.1, 0.15) is 18.5 Å². The maximum atomic E-state index is 13.2. The molecule has 186 valence electrons. The number of benzene rings is 3. The lowest BCUT2D eigenvalue weighted by molar-refractivity contribution is 0.00320. The molecule has 1 atom stereocenters. The number of primary amides is 1. The van der Waals surface area contributed by atoms with Crippen LogP contribution in [0, 0.1) is 0 Å². The first-order valence-corrected chi connectivity index (χ1v) is 12.0. The number of aliphatic hydroxyl groups is 2. The fourth-order valence-electron chi connectivity index (χ4n) is 4.21. The van der Waals surface area contributed by atoms with Crippen LogP contribution in [0.15, 0.2) is 54.7 Å². The van der Waals surface area contributed by atoms with E-state index in [2.05, 4.69) is 0 Å². The van der Waals surface area contributed by atoms with Crippen molar-refractivity contribution in [2.45, 2.75) is 24.9 Å². The molecule has 0 bridgehead atoms. The zero-order chi connectivity index (χ0) is 25.4. The Hall–Kier alpha value is -3.59. The molecule has 5 rings (SSSR count). The van der Waals surface area contributed by atoms with Crippen LogP contribution in [0.5, 0.6) is 5.75 Å². The summed E-state index contributed by atoms with van der Waals surface area (Å²) in [7, 11) is 0. The fraction of sp³-hybridized carbons (Fsp3) is 0.259. The molecule has 0 saturated heterocycles. The summed E-state index contributed by atoms with van der Waals surface area (Å²) in [5.74, 6) is -0.304. The Morgan fingerprint density at radius 3 is 2.61 bits per heavy atom. The highest BCUT2D eigenvalue weighted by atomic mass is 35.5. The van der Waals surface area contributed by atoms with Crippen molar-refractivity contribution >= 4 is 45.0 Å². The minimum atomic E-state index is -1.05. The molecular weight excluding hydrogens is 484 g/mol. The Kier molecular flexibility index (Phi) is 6.57. The number of rotatable bonds is 10. The summed E-state index contributed by atoms with van der Waals surface area (Å²) in [6.45, 7) is -0.907. The second-order valence-electron chi connectivity index (χ2n) is 8.97. The molecule has 0 radical (unpaired) electrons. The van der Waals surface area contributed by atoms with Gasteiger partial charge < -0.3 is 25.5 Å². The zero-order valence-corrected chi connectivity index (χ0v) is 20.1. The first-order chi connectivity index (χ1) is 17.3. The molecule has 1 aromatic heterocycles. The lowest BCUT2D eigenvalue weighted by Crippen LogP contribution is -2.26. The van der Waals surface area contributed by atoms with Gasteiger partial charge in [0.2, 0.25) is 5.78 Å². The number of ether oxygens (including phenoxy) is 1. The van der Waals surface area contributed by atoms with Gasteiger partial charge in [0.25, 0.3) is 5.91 Å². The molecule has 0 spiro atoms. The predicted octanol–water partition coefficient (Wildman–Crippen LogP) is 3.47. The summed E-state index contributed by atoms with van der Waals surface area (Å²) in [6, 6.07) is 14.4. The summed E-state index contributed by atoms with van der Waals surface area (Å²) in [5.41, 5.74) is 7.93. The number of nitrogens with zero attached hydrogens (tertiary/aromatic N) is 1. The van der Waals surface area contributed by atoms with Crippen LogP contribution in [0.4, 0.5) is 0 Å². The summed E-state index contributed by atoms with van der Waals surface area (Å²) in [5, 5.41) is 21.5. The molecular formula is C27H25ClN2O6. The normalized spacial score (nSPS) is 14.2. The highest BCUT2D eigenvalue weighted by Gasteiger charge is 2.25. The Morgan fingerprint density at radius 2 is 1.89 bits per heavy atom. The summed E-state index contributed by atoms with van der Waals surface area (Å²) in [4.78, 5) is 31.0. The number of hydrogen-bond donors (Lipinski definition) is 3. The SMILES string of the molecule is NC(=O)c1cc2cc(Cl)ccc2cc1OCC(=O)c1cn(OCC(O)CO)c2cc(C3CC3)ccc12. The molecule has 8 nitrogen and oxygen atoms in total. The van der Waals surface area contributed by atoms with E-state index in [0.717, 1.165) is 29.2 Å². The standard InChI is InChI=1S/C27H25ClN2O6/c28-19-5-3-17-10-26(22(27(29)34)8-18(17)7-19)35-14-25(33)23-11-30(36-13-20(32)12-31)24-9-16(15-1-2-15)4-6-21(23)24/h3-11,15,20,31-32H,1-2,12-14H2,(H2,29,34). The number of ketones is 1. The van der Waals surface area contributed by atoms with E-state index in [1.165, 1.54) is 4.73 Å². The molecule has 9 heteroatoms. The van der Waals surface area contributed by atoms with Crippen LogP contribution < -0.4 is 15.3 Å². The first kappa shape index (κ1) is 24.1. The van der Waals surface area contributed by atoms with Gasteiger partial charge in [-0.1, -0.05) is 29.8 Å². The number of fused-ring (bicyclic) bond motifs is 2. The highest BCUT2D eigenvalue weighted by Crippen LogP contribution is 2.41. The summed E-state index contributed by atoms with van der Waals surface area (Å²) in [6.07, 6.45) is 2.74. The van der Waals surface area contributed by atoms with E-state index < -0.39 is 18.6 Å². The number of aromatic nitrogens is 1. The lowest BCUT2D eigenvalue weighted by atomic mass is 10.0. The van der Waals surface area contributed by atoms with Crippen LogP contribution in [-0.4, -0.2) is 52.6 Å². The van der Waals surface area contributed by atoms with Crippen LogP contribution >= 0.6 is 11.6 Å². The number of carbonyl (C=O) groups excluding carboxylic acids is 2. The maximum absolute atomic E-state index is 13.2. The van der Waals surface area contributed by atoms with Gasteiger partial charge in [-0.3, -0.25) is 9.59 Å². The molecule has 1 fully saturated rings. The number of aliphatic hydroxyl groups excluding tert-OH is 2. The predicted molar refractivity (Wildman–Crippen MR) is 136 cm³/mol. The molecule has 1 aliphatic carbocycles. The molecule has 36 heavy (non-hydrogen) atoms. The van der Waals surface area contributed by atoms with Crippen molar-refractivity contribution in [2.75, 3.05) is 19.8 Å². The van der Waals surface area contributed by atoms with E-state index in [9.17, 15) is 14.7 Å². The number of halogens is 1. The van der Waals surface area contributed by atoms with Crippen molar-refractivity contribution in [3.63, 3.8) is 0 Å². The molecule has 1 heterocycles. The largest absolute Gasteiger partial charge is 0.485 e. The molecule has 1 saturated carbocycles. The van der Waals surface area contributed by atoms with E-state index in [1.54, 1.807) is 36.5 Å². The average molecular weight is 509 g/mol. The minimum Gasteiger partial charge on any atom is -0.485 e. The van der Waals surface area contributed by atoms with Gasteiger partial charge >= 0.3 is 0 Å². The lowest BCUT2D eigenvalue weighted by Gasteiger charge is -2.11. The third-order valence-corrected chi connectivity index (χ3v) is 6.52. The Morgan fingerprint density at radius 1 is 1.08 bits per heavy atom. The van der Waals surface area contributed by atoms with Gasteiger partial charge in [-0.05, 0) is 65.4 Å². The van der Waals surface area contributed by atoms with Gasteiger partial charge in [-0.2, -0.15) is 4.73 Å². The van der Waals surface area contributed by atoms with Crippen LogP contribution in [0.1, 0.15) is 45.0 Å². The van der Waals surface area contributed by atoms with Crippen molar-refractivity contribution in [2.24, 2.45) is 5.73 Å². The van der Waals surface area contributed by atoms with Crippen LogP contribution in [0.25, 0.3) is 21.7 Å².